The van der Waals surface area contributed by atoms with E-state index < -0.39 is 0 Å². The van der Waals surface area contributed by atoms with Gasteiger partial charge in [-0.25, -0.2) is 0 Å². The summed E-state index contributed by atoms with van der Waals surface area (Å²) in [6.07, 6.45) is 3.07. The Bertz CT molecular complexity index is 440. The van der Waals surface area contributed by atoms with Gasteiger partial charge in [0, 0.05) is 12.5 Å². The van der Waals surface area contributed by atoms with Gasteiger partial charge in [0.2, 0.25) is 0 Å². The zero-order chi connectivity index (χ0) is 11.0. The van der Waals surface area contributed by atoms with Gasteiger partial charge >= 0.3 is 0 Å². The number of aromatic hydroxyl groups is 1. The van der Waals surface area contributed by atoms with E-state index >= 15 is 0 Å². The van der Waals surface area contributed by atoms with Crippen molar-refractivity contribution in [1.29, 1.82) is 0 Å². The molecule has 1 aromatic carbocycles. The Morgan fingerprint density at radius 1 is 1.38 bits per heavy atom. The Labute approximate surface area is 95.2 Å². The lowest BCUT2D eigenvalue weighted by Gasteiger charge is -2.25. The first-order chi connectivity index (χ1) is 7.84. The standard InChI is InChI=1S/C13H16N2O/c16-12-3-1-2-9-8-10(4-5-11(9)12)13-14-6-7-15-13/h1-3,10,16H,4-8H2,(H,14,15). The second kappa shape index (κ2) is 3.81. The molecule has 1 atom stereocenters. The Kier molecular flexibility index (Phi) is 2.31. The van der Waals surface area contributed by atoms with Gasteiger partial charge in [0.25, 0.3) is 0 Å². The molecule has 3 rings (SSSR count). The van der Waals surface area contributed by atoms with E-state index in [1.165, 1.54) is 11.4 Å². The molecule has 1 aliphatic heterocycles. The molecule has 0 bridgehead atoms. The Morgan fingerprint density at radius 2 is 2.31 bits per heavy atom. The lowest BCUT2D eigenvalue weighted by atomic mass is 9.83. The van der Waals surface area contributed by atoms with Gasteiger partial charge in [0.1, 0.15) is 5.75 Å². The minimum atomic E-state index is 0.456. The molecule has 3 heteroatoms. The molecule has 84 valence electrons. The van der Waals surface area contributed by atoms with Crippen molar-refractivity contribution >= 4 is 5.84 Å². The monoisotopic (exact) mass is 216 g/mol. The number of fused-ring (bicyclic) bond motifs is 1. The van der Waals surface area contributed by atoms with Crippen LogP contribution in [0, 0.1) is 5.92 Å². The highest BCUT2D eigenvalue weighted by atomic mass is 16.3. The zero-order valence-electron chi connectivity index (χ0n) is 9.24. The van der Waals surface area contributed by atoms with Crippen LogP contribution in [-0.4, -0.2) is 24.0 Å². The number of phenols is 1. The fourth-order valence-electron chi connectivity index (χ4n) is 2.71. The number of hydrogen-bond acceptors (Lipinski definition) is 3. The molecule has 1 unspecified atom stereocenters. The number of nitrogens with one attached hydrogen (secondary N) is 1. The fourth-order valence-corrected chi connectivity index (χ4v) is 2.71. The summed E-state index contributed by atoms with van der Waals surface area (Å²) in [6.45, 7) is 1.90. The zero-order valence-corrected chi connectivity index (χ0v) is 9.24. The van der Waals surface area contributed by atoms with Gasteiger partial charge in [-0.1, -0.05) is 12.1 Å². The summed E-state index contributed by atoms with van der Waals surface area (Å²) in [5.41, 5.74) is 2.42. The molecule has 3 nitrogen and oxygen atoms in total. The van der Waals surface area contributed by atoms with Gasteiger partial charge in [-0.15, -0.1) is 0 Å². The molecule has 1 aromatic rings. The van der Waals surface area contributed by atoms with Crippen molar-refractivity contribution in [3.8, 4) is 5.75 Å². The molecule has 0 fully saturated rings. The largest absolute Gasteiger partial charge is 0.508 e. The molecular formula is C13H16N2O. The topological polar surface area (TPSA) is 44.6 Å². The average molecular weight is 216 g/mol. The highest BCUT2D eigenvalue weighted by Crippen LogP contribution is 2.31. The molecule has 0 amide bonds. The lowest BCUT2D eigenvalue weighted by molar-refractivity contribution is 0.456. The van der Waals surface area contributed by atoms with Gasteiger partial charge in [-0.05, 0) is 36.5 Å². The molecule has 0 aromatic heterocycles. The molecule has 1 aliphatic carbocycles. The highest BCUT2D eigenvalue weighted by molar-refractivity contribution is 5.86. The summed E-state index contributed by atoms with van der Waals surface area (Å²) in [7, 11) is 0. The van der Waals surface area contributed by atoms with Crippen LogP contribution in [0.4, 0.5) is 0 Å². The molecule has 0 saturated carbocycles. The van der Waals surface area contributed by atoms with Crippen LogP contribution in [0.1, 0.15) is 17.5 Å². The number of amidine groups is 1. The van der Waals surface area contributed by atoms with Gasteiger partial charge in [0.05, 0.1) is 12.4 Å². The van der Waals surface area contributed by atoms with E-state index in [0.717, 1.165) is 37.9 Å². The first-order valence-corrected chi connectivity index (χ1v) is 5.92. The molecule has 0 saturated heterocycles. The summed E-state index contributed by atoms with van der Waals surface area (Å²) in [5.74, 6) is 2.16. The Hall–Kier alpha value is -1.51. The van der Waals surface area contributed by atoms with E-state index in [2.05, 4.69) is 16.4 Å². The van der Waals surface area contributed by atoms with Crippen molar-refractivity contribution in [1.82, 2.24) is 5.32 Å². The van der Waals surface area contributed by atoms with Gasteiger partial charge in [-0.3, -0.25) is 4.99 Å². The number of benzene rings is 1. The maximum atomic E-state index is 9.76. The van der Waals surface area contributed by atoms with Crippen molar-refractivity contribution in [2.75, 3.05) is 13.1 Å². The lowest BCUT2D eigenvalue weighted by Crippen LogP contribution is -2.31. The molecule has 1 heterocycles. The van der Waals surface area contributed by atoms with Crippen LogP contribution >= 0.6 is 0 Å². The Morgan fingerprint density at radius 3 is 3.12 bits per heavy atom. The number of nitrogens with zero attached hydrogens (tertiary/aromatic N) is 1. The Balaban J connectivity index is 1.86. The van der Waals surface area contributed by atoms with E-state index in [-0.39, 0.29) is 0 Å². The van der Waals surface area contributed by atoms with Crippen molar-refractivity contribution in [3.05, 3.63) is 29.3 Å². The third kappa shape index (κ3) is 1.56. The van der Waals surface area contributed by atoms with E-state index in [0.29, 0.717) is 11.7 Å². The molecular weight excluding hydrogens is 200 g/mol. The van der Waals surface area contributed by atoms with Gasteiger partial charge in [0.15, 0.2) is 0 Å². The van der Waals surface area contributed by atoms with Crippen molar-refractivity contribution < 1.29 is 5.11 Å². The van der Waals surface area contributed by atoms with Crippen LogP contribution in [0.2, 0.25) is 0 Å². The third-order valence-corrected chi connectivity index (χ3v) is 3.54. The van der Waals surface area contributed by atoms with Crippen LogP contribution in [0.5, 0.6) is 5.75 Å². The normalized spacial score (nSPS) is 23.5. The summed E-state index contributed by atoms with van der Waals surface area (Å²) >= 11 is 0. The predicted octanol–water partition coefficient (Wildman–Crippen LogP) is 1.50. The molecule has 2 aliphatic rings. The van der Waals surface area contributed by atoms with Crippen LogP contribution in [0.3, 0.4) is 0 Å². The maximum absolute atomic E-state index is 9.76. The van der Waals surface area contributed by atoms with E-state index in [1.54, 1.807) is 6.07 Å². The first-order valence-electron chi connectivity index (χ1n) is 5.92. The smallest absolute Gasteiger partial charge is 0.119 e. The second-order valence-corrected chi connectivity index (χ2v) is 4.55. The van der Waals surface area contributed by atoms with E-state index in [9.17, 15) is 5.11 Å². The highest BCUT2D eigenvalue weighted by Gasteiger charge is 2.25. The number of rotatable bonds is 1. The molecule has 0 radical (unpaired) electrons. The number of aliphatic imine (C=N–C) groups is 1. The summed E-state index contributed by atoms with van der Waals surface area (Å²) in [5, 5.41) is 13.1. The minimum absolute atomic E-state index is 0.456. The molecule has 0 spiro atoms. The summed E-state index contributed by atoms with van der Waals surface area (Å²) in [4.78, 5) is 4.50. The quantitative estimate of drug-likeness (QED) is 0.747. The van der Waals surface area contributed by atoms with Gasteiger partial charge < -0.3 is 10.4 Å². The average Bonchev–Trinajstić information content (AvgIpc) is 2.82. The second-order valence-electron chi connectivity index (χ2n) is 4.55. The van der Waals surface area contributed by atoms with Crippen LogP contribution in [0.25, 0.3) is 0 Å². The van der Waals surface area contributed by atoms with Gasteiger partial charge in [-0.2, -0.15) is 0 Å². The number of hydrogen-bond donors (Lipinski definition) is 2. The fraction of sp³-hybridized carbons (Fsp3) is 0.462. The third-order valence-electron chi connectivity index (χ3n) is 3.54. The predicted molar refractivity (Wildman–Crippen MR) is 63.9 cm³/mol. The first kappa shape index (κ1) is 9.70. The number of phenolic OH excluding ortho intramolecular Hbond substituents is 1. The van der Waals surface area contributed by atoms with Crippen molar-refractivity contribution in [3.63, 3.8) is 0 Å². The van der Waals surface area contributed by atoms with Crippen LogP contribution in [0.15, 0.2) is 23.2 Å². The van der Waals surface area contributed by atoms with E-state index in [4.69, 9.17) is 0 Å². The molecule has 2 N–H and O–H groups in total. The SMILES string of the molecule is Oc1cccc2c1CCC(C1=NCCN1)C2. The van der Waals surface area contributed by atoms with Crippen molar-refractivity contribution in [2.24, 2.45) is 10.9 Å². The van der Waals surface area contributed by atoms with Crippen LogP contribution < -0.4 is 5.32 Å². The minimum Gasteiger partial charge on any atom is -0.508 e. The summed E-state index contributed by atoms with van der Waals surface area (Å²) in [6, 6.07) is 5.83. The maximum Gasteiger partial charge on any atom is 0.119 e. The summed E-state index contributed by atoms with van der Waals surface area (Å²) < 4.78 is 0. The van der Waals surface area contributed by atoms with Crippen molar-refractivity contribution in [2.45, 2.75) is 19.3 Å². The van der Waals surface area contributed by atoms with Crippen LogP contribution in [-0.2, 0) is 12.8 Å². The van der Waals surface area contributed by atoms with E-state index in [1.807, 2.05) is 6.07 Å². The molecule has 16 heavy (non-hydrogen) atoms.